The number of hydrogen-bond acceptors (Lipinski definition) is 5. The summed E-state index contributed by atoms with van der Waals surface area (Å²) < 4.78 is 33.6. The molecule has 0 spiro atoms. The smallest absolute Gasteiger partial charge is 0.265 e. The zero-order chi connectivity index (χ0) is 21.3. The summed E-state index contributed by atoms with van der Waals surface area (Å²) in [6.07, 6.45) is 1.43. The molecule has 0 bridgehead atoms. The molecule has 1 aromatic carbocycles. The molecule has 0 saturated carbocycles. The lowest BCUT2D eigenvalue weighted by atomic mass is 9.98. The summed E-state index contributed by atoms with van der Waals surface area (Å²) in [5, 5.41) is 5.68. The van der Waals surface area contributed by atoms with Crippen LogP contribution >= 0.6 is 0 Å². The normalized spacial score (nSPS) is 23.5. The average Bonchev–Trinajstić information content (AvgIpc) is 2.68. The summed E-state index contributed by atoms with van der Waals surface area (Å²) in [6, 6.07) is 3.15. The summed E-state index contributed by atoms with van der Waals surface area (Å²) in [6.45, 7) is 7.76. The Kier molecular flexibility index (Phi) is 6.19. The second kappa shape index (κ2) is 8.31. The Balaban J connectivity index is 1.84. The minimum atomic E-state index is -3.80. The summed E-state index contributed by atoms with van der Waals surface area (Å²) in [7, 11) is -3.80. The molecule has 3 rings (SSSR count). The van der Waals surface area contributed by atoms with Crippen molar-refractivity contribution in [2.75, 3.05) is 18.4 Å². The zero-order valence-electron chi connectivity index (χ0n) is 17.3. The third-order valence-electron chi connectivity index (χ3n) is 5.58. The van der Waals surface area contributed by atoms with Crippen molar-refractivity contribution in [3.8, 4) is 5.75 Å². The molecule has 160 valence electrons. The molecule has 1 aromatic rings. The van der Waals surface area contributed by atoms with Gasteiger partial charge in [-0.25, -0.2) is 8.42 Å². The summed E-state index contributed by atoms with van der Waals surface area (Å²) in [4.78, 5) is 24.4. The summed E-state index contributed by atoms with van der Waals surface area (Å²) in [5.41, 5.74) is 0.988. The number of ether oxygens (including phenoxy) is 1. The van der Waals surface area contributed by atoms with Gasteiger partial charge in [-0.2, -0.15) is 4.31 Å². The first-order valence-electron chi connectivity index (χ1n) is 10.1. The first-order chi connectivity index (χ1) is 13.6. The molecule has 29 heavy (non-hydrogen) atoms. The quantitative estimate of drug-likeness (QED) is 0.754. The third-order valence-corrected chi connectivity index (χ3v) is 7.59. The third kappa shape index (κ3) is 4.40. The molecule has 2 amide bonds. The maximum Gasteiger partial charge on any atom is 0.265 e. The minimum absolute atomic E-state index is 0.0618. The molecular formula is C20H29N3O5S. The number of carbonyl (C=O) groups is 2. The largest absolute Gasteiger partial charge is 0.479 e. The van der Waals surface area contributed by atoms with E-state index in [1.807, 2.05) is 13.8 Å². The van der Waals surface area contributed by atoms with Crippen LogP contribution in [0.25, 0.3) is 0 Å². The van der Waals surface area contributed by atoms with Crippen LogP contribution in [0.2, 0.25) is 0 Å². The number of amides is 2. The van der Waals surface area contributed by atoms with Gasteiger partial charge in [0.25, 0.3) is 5.91 Å². The van der Waals surface area contributed by atoms with E-state index in [0.29, 0.717) is 36.4 Å². The van der Waals surface area contributed by atoms with Gasteiger partial charge in [0.15, 0.2) is 6.10 Å². The molecule has 3 atom stereocenters. The predicted molar refractivity (Wildman–Crippen MR) is 109 cm³/mol. The van der Waals surface area contributed by atoms with Crippen LogP contribution in [0.1, 0.15) is 45.6 Å². The molecule has 2 N–H and O–H groups in total. The maximum atomic E-state index is 13.3. The van der Waals surface area contributed by atoms with Crippen molar-refractivity contribution < 1.29 is 22.7 Å². The number of rotatable bonds is 5. The lowest BCUT2D eigenvalue weighted by molar-refractivity contribution is -0.126. The lowest BCUT2D eigenvalue weighted by Crippen LogP contribution is -2.47. The molecule has 0 radical (unpaired) electrons. The molecule has 2 aliphatic rings. The number of piperidine rings is 1. The Hall–Kier alpha value is -2.13. The monoisotopic (exact) mass is 423 g/mol. The molecule has 0 aliphatic carbocycles. The fraction of sp³-hybridized carbons (Fsp3) is 0.600. The Morgan fingerprint density at radius 2 is 2.14 bits per heavy atom. The van der Waals surface area contributed by atoms with E-state index in [1.54, 1.807) is 19.9 Å². The minimum Gasteiger partial charge on any atom is -0.479 e. The van der Waals surface area contributed by atoms with Crippen molar-refractivity contribution in [1.29, 1.82) is 0 Å². The molecule has 1 saturated heterocycles. The van der Waals surface area contributed by atoms with E-state index >= 15 is 0 Å². The van der Waals surface area contributed by atoms with E-state index in [2.05, 4.69) is 10.6 Å². The van der Waals surface area contributed by atoms with Crippen molar-refractivity contribution >= 4 is 27.5 Å². The van der Waals surface area contributed by atoms with Gasteiger partial charge >= 0.3 is 0 Å². The molecule has 2 heterocycles. The first-order valence-corrected chi connectivity index (χ1v) is 11.5. The number of hydrogen-bond donors (Lipinski definition) is 2. The standard InChI is InChI=1S/C20H29N3O5S/c1-5-13(3)21-20(25)15-7-6-8-23(11-15)29(26,27)18-10-17-16(9-12(18)2)22-19(24)14(4)28-17/h9-10,13-15H,5-8,11H2,1-4H3,(H,21,25)(H,22,24). The van der Waals surface area contributed by atoms with Crippen molar-refractivity contribution in [2.45, 2.75) is 64.0 Å². The van der Waals surface area contributed by atoms with Crippen LogP contribution < -0.4 is 15.4 Å². The first kappa shape index (κ1) is 21.6. The second-order valence-electron chi connectivity index (χ2n) is 7.88. The molecule has 1 fully saturated rings. The number of aryl methyl sites for hydroxylation is 1. The molecular weight excluding hydrogens is 394 g/mol. The van der Waals surface area contributed by atoms with Crippen LogP contribution in [0.15, 0.2) is 17.0 Å². The fourth-order valence-electron chi connectivity index (χ4n) is 3.60. The zero-order valence-corrected chi connectivity index (χ0v) is 18.1. The Bertz CT molecular complexity index is 915. The van der Waals surface area contributed by atoms with Crippen LogP contribution in [0, 0.1) is 12.8 Å². The van der Waals surface area contributed by atoms with Gasteiger partial charge < -0.3 is 15.4 Å². The highest BCUT2D eigenvalue weighted by Crippen LogP contribution is 2.36. The number of carbonyl (C=O) groups excluding carboxylic acids is 2. The van der Waals surface area contributed by atoms with Crippen LogP contribution in [0.5, 0.6) is 5.75 Å². The molecule has 3 unspecified atom stereocenters. The van der Waals surface area contributed by atoms with Crippen molar-refractivity contribution in [3.63, 3.8) is 0 Å². The van der Waals surface area contributed by atoms with Crippen LogP contribution in [-0.2, 0) is 19.6 Å². The number of benzene rings is 1. The van der Waals surface area contributed by atoms with Gasteiger partial charge in [0.1, 0.15) is 5.75 Å². The Morgan fingerprint density at radius 1 is 1.41 bits per heavy atom. The van der Waals surface area contributed by atoms with Crippen molar-refractivity contribution in [1.82, 2.24) is 9.62 Å². The average molecular weight is 424 g/mol. The van der Waals surface area contributed by atoms with Gasteiger partial charge in [-0.15, -0.1) is 0 Å². The van der Waals surface area contributed by atoms with E-state index in [4.69, 9.17) is 4.74 Å². The summed E-state index contributed by atoms with van der Waals surface area (Å²) in [5.74, 6) is -0.384. The second-order valence-corrected chi connectivity index (χ2v) is 9.79. The number of fused-ring (bicyclic) bond motifs is 1. The lowest BCUT2D eigenvalue weighted by Gasteiger charge is -2.32. The van der Waals surface area contributed by atoms with Gasteiger partial charge in [0, 0.05) is 25.2 Å². The maximum absolute atomic E-state index is 13.3. The Labute approximate surface area is 172 Å². The van der Waals surface area contributed by atoms with Gasteiger partial charge in [-0.05, 0) is 51.7 Å². The molecule has 8 nitrogen and oxygen atoms in total. The highest BCUT2D eigenvalue weighted by molar-refractivity contribution is 7.89. The van der Waals surface area contributed by atoms with Gasteiger partial charge in [-0.3, -0.25) is 9.59 Å². The van der Waals surface area contributed by atoms with Gasteiger partial charge in [0.05, 0.1) is 16.5 Å². The van der Waals surface area contributed by atoms with E-state index in [0.717, 1.165) is 6.42 Å². The fourth-order valence-corrected chi connectivity index (χ4v) is 5.34. The van der Waals surface area contributed by atoms with Crippen molar-refractivity contribution in [3.05, 3.63) is 17.7 Å². The predicted octanol–water partition coefficient (Wildman–Crippen LogP) is 2.03. The topological polar surface area (TPSA) is 105 Å². The number of anilines is 1. The summed E-state index contributed by atoms with van der Waals surface area (Å²) >= 11 is 0. The molecule has 2 aliphatic heterocycles. The molecule has 0 aromatic heterocycles. The number of nitrogens with zero attached hydrogens (tertiary/aromatic N) is 1. The highest BCUT2D eigenvalue weighted by Gasteiger charge is 2.35. The number of nitrogens with one attached hydrogen (secondary N) is 2. The van der Waals surface area contributed by atoms with E-state index < -0.39 is 16.1 Å². The van der Waals surface area contributed by atoms with E-state index in [9.17, 15) is 18.0 Å². The van der Waals surface area contributed by atoms with Crippen LogP contribution in [0.4, 0.5) is 5.69 Å². The van der Waals surface area contributed by atoms with E-state index in [-0.39, 0.29) is 35.2 Å². The van der Waals surface area contributed by atoms with Crippen LogP contribution in [-0.4, -0.2) is 49.8 Å². The molecule has 9 heteroatoms. The van der Waals surface area contributed by atoms with Gasteiger partial charge in [0.2, 0.25) is 15.9 Å². The van der Waals surface area contributed by atoms with Crippen molar-refractivity contribution in [2.24, 2.45) is 5.92 Å². The van der Waals surface area contributed by atoms with E-state index in [1.165, 1.54) is 10.4 Å². The Morgan fingerprint density at radius 3 is 2.83 bits per heavy atom. The highest BCUT2D eigenvalue weighted by atomic mass is 32.2. The SMILES string of the molecule is CCC(C)NC(=O)C1CCCN(S(=O)(=O)c2cc3c(cc2C)NC(=O)C(C)O3)C1. The van der Waals surface area contributed by atoms with Gasteiger partial charge in [-0.1, -0.05) is 6.92 Å². The van der Waals surface area contributed by atoms with Crippen LogP contribution in [0.3, 0.4) is 0 Å². The number of sulfonamides is 1.